The number of aliphatic hydroxyl groups is 1. The summed E-state index contributed by atoms with van der Waals surface area (Å²) >= 11 is 0. The number of fused-ring (bicyclic) bond motifs is 1. The number of amides is 1. The number of carbonyl (C=O) groups is 2. The summed E-state index contributed by atoms with van der Waals surface area (Å²) in [5.74, 6) is -0.324. The number of ether oxygens (including phenoxy) is 3. The number of rotatable bonds is 8. The zero-order chi connectivity index (χ0) is 18.5. The van der Waals surface area contributed by atoms with Crippen LogP contribution in [-0.2, 0) is 23.8 Å². The number of esters is 1. The Morgan fingerprint density at radius 1 is 1.12 bits per heavy atom. The van der Waals surface area contributed by atoms with E-state index in [9.17, 15) is 14.7 Å². The van der Waals surface area contributed by atoms with E-state index >= 15 is 0 Å². The number of nitrogens with zero attached hydrogens (tertiary/aromatic N) is 1. The second kappa shape index (κ2) is 9.15. The first-order chi connectivity index (χ1) is 12.6. The Kier molecular flexibility index (Phi) is 6.89. The summed E-state index contributed by atoms with van der Waals surface area (Å²) < 4.78 is 16.6. The van der Waals surface area contributed by atoms with E-state index < -0.39 is 30.5 Å². The Hall–Kier alpha value is -1.18. The van der Waals surface area contributed by atoms with E-state index in [4.69, 9.17) is 14.2 Å². The molecule has 3 saturated heterocycles. The van der Waals surface area contributed by atoms with Gasteiger partial charge in [0.05, 0.1) is 13.2 Å². The molecule has 26 heavy (non-hydrogen) atoms. The van der Waals surface area contributed by atoms with Gasteiger partial charge in [0.1, 0.15) is 24.4 Å². The largest absolute Gasteiger partial charge is 0.455 e. The highest BCUT2D eigenvalue weighted by Gasteiger charge is 2.49. The average molecular weight is 369 g/mol. The zero-order valence-corrected chi connectivity index (χ0v) is 15.6. The zero-order valence-electron chi connectivity index (χ0n) is 15.6. The lowest BCUT2D eigenvalue weighted by Gasteiger charge is -2.25. The van der Waals surface area contributed by atoms with Crippen molar-refractivity contribution in [1.82, 2.24) is 4.90 Å². The van der Waals surface area contributed by atoms with Crippen molar-refractivity contribution in [2.75, 3.05) is 19.8 Å². The first-order valence-corrected chi connectivity index (χ1v) is 10.0. The number of aliphatic hydroxyl groups excluding tert-OH is 1. The number of unbranched alkanes of at least 4 members (excludes halogenated alkanes) is 4. The van der Waals surface area contributed by atoms with Gasteiger partial charge in [-0.05, 0) is 19.3 Å². The fourth-order valence-corrected chi connectivity index (χ4v) is 4.11. The van der Waals surface area contributed by atoms with Crippen LogP contribution in [0.5, 0.6) is 0 Å². The molecule has 0 aromatic heterocycles. The highest BCUT2D eigenvalue weighted by atomic mass is 16.6. The molecular formula is C19H31NO6. The molecule has 1 amide bonds. The van der Waals surface area contributed by atoms with Crippen LogP contribution in [0.2, 0.25) is 0 Å². The maximum atomic E-state index is 12.6. The van der Waals surface area contributed by atoms with Crippen molar-refractivity contribution >= 4 is 11.9 Å². The Labute approximate surface area is 155 Å². The Balaban J connectivity index is 1.46. The van der Waals surface area contributed by atoms with Gasteiger partial charge in [-0.3, -0.25) is 4.79 Å². The third-order valence-electron chi connectivity index (χ3n) is 5.59. The van der Waals surface area contributed by atoms with Gasteiger partial charge < -0.3 is 24.2 Å². The van der Waals surface area contributed by atoms with Crippen LogP contribution < -0.4 is 0 Å². The van der Waals surface area contributed by atoms with E-state index in [1.165, 1.54) is 12.8 Å². The Morgan fingerprint density at radius 2 is 1.88 bits per heavy atom. The number of hydrogen-bond acceptors (Lipinski definition) is 6. The molecule has 7 heteroatoms. The lowest BCUT2D eigenvalue weighted by atomic mass is 10.1. The third kappa shape index (κ3) is 4.38. The van der Waals surface area contributed by atoms with Crippen LogP contribution in [0.1, 0.15) is 58.3 Å². The van der Waals surface area contributed by atoms with Crippen molar-refractivity contribution in [2.45, 2.75) is 88.7 Å². The van der Waals surface area contributed by atoms with Gasteiger partial charge in [-0.2, -0.15) is 0 Å². The smallest absolute Gasteiger partial charge is 0.329 e. The maximum Gasteiger partial charge on any atom is 0.329 e. The van der Waals surface area contributed by atoms with Crippen LogP contribution in [0.15, 0.2) is 0 Å². The summed E-state index contributed by atoms with van der Waals surface area (Å²) in [6, 6.07) is -0.497. The van der Waals surface area contributed by atoms with E-state index in [1.807, 2.05) is 0 Å². The normalized spacial score (nSPS) is 33.5. The third-order valence-corrected chi connectivity index (χ3v) is 5.59. The number of hydrogen-bond donors (Lipinski definition) is 1. The van der Waals surface area contributed by atoms with Crippen LogP contribution in [0.3, 0.4) is 0 Å². The lowest BCUT2D eigenvalue weighted by Crippen LogP contribution is -2.44. The van der Waals surface area contributed by atoms with Gasteiger partial charge in [0, 0.05) is 13.0 Å². The molecule has 1 N–H and O–H groups in total. The first kappa shape index (κ1) is 19.6. The molecule has 3 aliphatic heterocycles. The maximum absolute atomic E-state index is 12.6. The van der Waals surface area contributed by atoms with Crippen LogP contribution in [0.4, 0.5) is 0 Å². The molecule has 3 aliphatic rings. The second-order valence-corrected chi connectivity index (χ2v) is 7.55. The Bertz CT molecular complexity index is 498. The molecule has 3 heterocycles. The van der Waals surface area contributed by atoms with Crippen LogP contribution in [0, 0.1) is 0 Å². The number of carbonyl (C=O) groups excluding carboxylic acids is 2. The summed E-state index contributed by atoms with van der Waals surface area (Å²) in [7, 11) is 0. The van der Waals surface area contributed by atoms with Crippen molar-refractivity contribution in [3.8, 4) is 0 Å². The standard InChI is InChI=1S/C19H31NO6/c1-2-3-4-5-6-9-16(22)20-10-7-8-13(20)19(23)26-15-12-25-17-14(21)11-24-18(15)17/h13-15,17-18,21H,2-12H2,1H3. The molecule has 5 atom stereocenters. The highest BCUT2D eigenvalue weighted by molar-refractivity contribution is 5.85. The minimum absolute atomic E-state index is 0.0500. The lowest BCUT2D eigenvalue weighted by molar-refractivity contribution is -0.162. The molecule has 148 valence electrons. The molecular weight excluding hydrogens is 338 g/mol. The van der Waals surface area contributed by atoms with Gasteiger partial charge in [0.25, 0.3) is 0 Å². The van der Waals surface area contributed by atoms with E-state index in [2.05, 4.69) is 6.92 Å². The molecule has 0 radical (unpaired) electrons. The van der Waals surface area contributed by atoms with Crippen molar-refractivity contribution in [1.29, 1.82) is 0 Å². The predicted molar refractivity (Wildman–Crippen MR) is 93.5 cm³/mol. The molecule has 0 bridgehead atoms. The van der Waals surface area contributed by atoms with E-state index in [0.717, 1.165) is 25.7 Å². The van der Waals surface area contributed by atoms with Crippen LogP contribution in [-0.4, -0.2) is 72.1 Å². The fourth-order valence-electron chi connectivity index (χ4n) is 4.11. The summed E-state index contributed by atoms with van der Waals surface area (Å²) in [6.07, 6.45) is 5.46. The van der Waals surface area contributed by atoms with E-state index in [-0.39, 0.29) is 25.1 Å². The SMILES string of the molecule is CCCCCCCC(=O)N1CCCC1C(=O)OC1COC2C(O)COC12. The molecule has 0 aromatic rings. The van der Waals surface area contributed by atoms with Crippen LogP contribution >= 0.6 is 0 Å². The molecule has 0 spiro atoms. The molecule has 3 rings (SSSR count). The van der Waals surface area contributed by atoms with E-state index in [0.29, 0.717) is 19.4 Å². The van der Waals surface area contributed by atoms with Crippen molar-refractivity contribution in [2.24, 2.45) is 0 Å². The number of likely N-dealkylation sites (tertiary alicyclic amines) is 1. The fraction of sp³-hybridized carbons (Fsp3) is 0.895. The minimum Gasteiger partial charge on any atom is -0.455 e. The summed E-state index contributed by atoms with van der Waals surface area (Å²) in [5, 5.41) is 9.77. The Morgan fingerprint density at radius 3 is 2.69 bits per heavy atom. The molecule has 0 saturated carbocycles. The monoisotopic (exact) mass is 369 g/mol. The summed E-state index contributed by atoms with van der Waals surface area (Å²) in [4.78, 5) is 26.8. The molecule has 0 aliphatic carbocycles. The molecule has 3 fully saturated rings. The van der Waals surface area contributed by atoms with Gasteiger partial charge in [-0.1, -0.05) is 32.6 Å². The quantitative estimate of drug-likeness (QED) is 0.514. The average Bonchev–Trinajstić information content (AvgIpc) is 3.33. The van der Waals surface area contributed by atoms with Gasteiger partial charge in [-0.15, -0.1) is 0 Å². The van der Waals surface area contributed by atoms with Crippen molar-refractivity contribution in [3.05, 3.63) is 0 Å². The predicted octanol–water partition coefficient (Wildman–Crippen LogP) is 1.41. The van der Waals surface area contributed by atoms with Crippen LogP contribution in [0.25, 0.3) is 0 Å². The van der Waals surface area contributed by atoms with Crippen molar-refractivity contribution < 1.29 is 28.9 Å². The van der Waals surface area contributed by atoms with Gasteiger partial charge >= 0.3 is 5.97 Å². The summed E-state index contributed by atoms with van der Waals surface area (Å²) in [5.41, 5.74) is 0. The second-order valence-electron chi connectivity index (χ2n) is 7.55. The molecule has 0 aromatic carbocycles. The van der Waals surface area contributed by atoms with Crippen molar-refractivity contribution in [3.63, 3.8) is 0 Å². The first-order valence-electron chi connectivity index (χ1n) is 10.0. The minimum atomic E-state index is -0.666. The van der Waals surface area contributed by atoms with E-state index in [1.54, 1.807) is 4.90 Å². The van der Waals surface area contributed by atoms with Gasteiger partial charge in [0.2, 0.25) is 5.91 Å². The van der Waals surface area contributed by atoms with Gasteiger partial charge in [0.15, 0.2) is 6.10 Å². The van der Waals surface area contributed by atoms with Gasteiger partial charge in [-0.25, -0.2) is 4.79 Å². The highest BCUT2D eigenvalue weighted by Crippen LogP contribution is 2.30. The molecule has 5 unspecified atom stereocenters. The topological polar surface area (TPSA) is 85.3 Å². The molecule has 7 nitrogen and oxygen atoms in total. The summed E-state index contributed by atoms with van der Waals surface area (Å²) in [6.45, 7) is 3.22.